The van der Waals surface area contributed by atoms with Crippen LogP contribution in [-0.2, 0) is 6.42 Å². The van der Waals surface area contributed by atoms with Gasteiger partial charge in [-0.25, -0.2) is 8.78 Å². The molecule has 0 radical (unpaired) electrons. The highest BCUT2D eigenvalue weighted by atomic mass is 19.1. The Morgan fingerprint density at radius 3 is 2.75 bits per heavy atom. The minimum absolute atomic E-state index is 0.183. The van der Waals surface area contributed by atoms with E-state index in [9.17, 15) is 8.78 Å². The number of hydrogen-bond donors (Lipinski definition) is 1. The molecule has 2 atom stereocenters. The van der Waals surface area contributed by atoms with Crippen LogP contribution in [0.5, 0.6) is 0 Å². The molecule has 20 heavy (non-hydrogen) atoms. The second-order valence-corrected chi connectivity index (χ2v) is 5.02. The highest BCUT2D eigenvalue weighted by Gasteiger charge is 2.15. The van der Waals surface area contributed by atoms with Crippen molar-refractivity contribution in [1.82, 2.24) is 9.78 Å². The Bertz CT molecular complexity index is 580. The summed E-state index contributed by atoms with van der Waals surface area (Å²) < 4.78 is 28.7. The number of nitrogens with two attached hydrogens (primary N) is 1. The van der Waals surface area contributed by atoms with Gasteiger partial charge < -0.3 is 5.73 Å². The van der Waals surface area contributed by atoms with E-state index in [0.717, 1.165) is 30.3 Å². The van der Waals surface area contributed by atoms with Gasteiger partial charge in [-0.3, -0.25) is 4.68 Å². The first-order chi connectivity index (χ1) is 9.51. The molecule has 1 heterocycles. The third-order valence-electron chi connectivity index (χ3n) is 3.49. The summed E-state index contributed by atoms with van der Waals surface area (Å²) in [6, 6.07) is 4.90. The number of halogens is 2. The topological polar surface area (TPSA) is 43.8 Å². The Morgan fingerprint density at radius 2 is 2.05 bits per heavy atom. The fraction of sp³-hybridized carbons (Fsp3) is 0.400. The number of nitrogens with zero attached hydrogens (tertiary/aromatic N) is 2. The zero-order valence-corrected chi connectivity index (χ0v) is 11.7. The van der Waals surface area contributed by atoms with E-state index in [1.807, 2.05) is 16.9 Å². The maximum absolute atomic E-state index is 13.6. The van der Waals surface area contributed by atoms with Gasteiger partial charge in [0.25, 0.3) is 0 Å². The zero-order chi connectivity index (χ0) is 14.7. The fourth-order valence-electron chi connectivity index (χ4n) is 2.05. The molecule has 0 bridgehead atoms. The summed E-state index contributed by atoms with van der Waals surface area (Å²) in [7, 11) is 0. The first-order valence-electron chi connectivity index (χ1n) is 6.75. The molecule has 0 aliphatic rings. The van der Waals surface area contributed by atoms with Crippen LogP contribution in [0.25, 0.3) is 0 Å². The minimum atomic E-state index is -0.606. The smallest absolute Gasteiger partial charge is 0.128 e. The van der Waals surface area contributed by atoms with Gasteiger partial charge in [-0.05, 0) is 37.6 Å². The van der Waals surface area contributed by atoms with Gasteiger partial charge in [0.1, 0.15) is 11.6 Å². The first-order valence-corrected chi connectivity index (χ1v) is 6.75. The molecule has 0 fully saturated rings. The van der Waals surface area contributed by atoms with Gasteiger partial charge in [-0.15, -0.1) is 0 Å². The van der Waals surface area contributed by atoms with Crippen molar-refractivity contribution >= 4 is 0 Å². The number of aromatic nitrogens is 2. The van der Waals surface area contributed by atoms with Crippen molar-refractivity contribution in [2.75, 3.05) is 0 Å². The van der Waals surface area contributed by atoms with E-state index in [4.69, 9.17) is 5.73 Å². The Labute approximate surface area is 117 Å². The van der Waals surface area contributed by atoms with Crippen molar-refractivity contribution in [3.63, 3.8) is 0 Å². The quantitative estimate of drug-likeness (QED) is 0.912. The molecule has 2 N–H and O–H groups in total. The lowest BCUT2D eigenvalue weighted by molar-refractivity contribution is 0.471. The van der Waals surface area contributed by atoms with E-state index in [1.165, 1.54) is 0 Å². The largest absolute Gasteiger partial charge is 0.324 e. The van der Waals surface area contributed by atoms with Crippen LogP contribution in [0.15, 0.2) is 30.5 Å². The van der Waals surface area contributed by atoms with Gasteiger partial charge in [0, 0.05) is 30.3 Å². The summed E-state index contributed by atoms with van der Waals surface area (Å²) in [6.45, 7) is 4.16. The highest BCUT2D eigenvalue weighted by molar-refractivity contribution is 5.23. The third-order valence-corrected chi connectivity index (χ3v) is 3.49. The minimum Gasteiger partial charge on any atom is -0.324 e. The molecular weight excluding hydrogens is 260 g/mol. The van der Waals surface area contributed by atoms with Gasteiger partial charge >= 0.3 is 0 Å². The Hall–Kier alpha value is -1.75. The van der Waals surface area contributed by atoms with Crippen LogP contribution in [0.4, 0.5) is 8.78 Å². The third kappa shape index (κ3) is 3.22. The lowest BCUT2D eigenvalue weighted by atomic mass is 10.0. The summed E-state index contributed by atoms with van der Waals surface area (Å²) in [4.78, 5) is 0. The molecule has 1 aromatic heterocycles. The zero-order valence-electron chi connectivity index (χ0n) is 11.7. The van der Waals surface area contributed by atoms with Crippen molar-refractivity contribution in [3.05, 3.63) is 53.4 Å². The molecule has 0 aliphatic heterocycles. The molecule has 5 heteroatoms. The molecule has 0 aliphatic carbocycles. The number of benzene rings is 1. The summed E-state index contributed by atoms with van der Waals surface area (Å²) in [6.07, 6.45) is 3.24. The van der Waals surface area contributed by atoms with Crippen molar-refractivity contribution < 1.29 is 8.78 Å². The molecule has 2 unspecified atom stereocenters. The Kier molecular flexibility index (Phi) is 4.49. The van der Waals surface area contributed by atoms with E-state index < -0.39 is 17.7 Å². The van der Waals surface area contributed by atoms with Crippen molar-refractivity contribution in [2.45, 2.75) is 38.8 Å². The molecule has 0 spiro atoms. The summed E-state index contributed by atoms with van der Waals surface area (Å²) in [5.41, 5.74) is 6.92. The van der Waals surface area contributed by atoms with Gasteiger partial charge in [0.15, 0.2) is 0 Å². The number of hydrogen-bond acceptors (Lipinski definition) is 2. The van der Waals surface area contributed by atoms with E-state index in [-0.39, 0.29) is 5.56 Å². The highest BCUT2D eigenvalue weighted by Crippen LogP contribution is 2.20. The predicted molar refractivity (Wildman–Crippen MR) is 74.2 cm³/mol. The number of rotatable bonds is 5. The Morgan fingerprint density at radius 1 is 1.30 bits per heavy atom. The van der Waals surface area contributed by atoms with Crippen LogP contribution in [-0.4, -0.2) is 9.78 Å². The van der Waals surface area contributed by atoms with Gasteiger partial charge in [-0.1, -0.05) is 6.92 Å². The normalized spacial score (nSPS) is 14.2. The molecule has 0 amide bonds. The van der Waals surface area contributed by atoms with Gasteiger partial charge in [-0.2, -0.15) is 5.10 Å². The van der Waals surface area contributed by atoms with Crippen molar-refractivity contribution in [2.24, 2.45) is 5.73 Å². The first kappa shape index (κ1) is 14.7. The van der Waals surface area contributed by atoms with E-state index in [0.29, 0.717) is 12.5 Å². The predicted octanol–water partition coefficient (Wildman–Crippen LogP) is 3.37. The second-order valence-electron chi connectivity index (χ2n) is 5.02. The van der Waals surface area contributed by atoms with Crippen LogP contribution in [0, 0.1) is 11.6 Å². The fourth-order valence-corrected chi connectivity index (χ4v) is 2.05. The lowest BCUT2D eigenvalue weighted by Crippen LogP contribution is -2.16. The molecule has 0 saturated heterocycles. The van der Waals surface area contributed by atoms with Crippen molar-refractivity contribution in [1.29, 1.82) is 0 Å². The molecule has 108 valence electrons. The van der Waals surface area contributed by atoms with Crippen molar-refractivity contribution in [3.8, 4) is 0 Å². The van der Waals surface area contributed by atoms with Crippen LogP contribution in [0.2, 0.25) is 0 Å². The summed E-state index contributed by atoms with van der Waals surface area (Å²) in [5.74, 6) is -0.970. The Balaban J connectivity index is 2.13. The maximum atomic E-state index is 13.6. The van der Waals surface area contributed by atoms with E-state index in [2.05, 4.69) is 18.9 Å². The molecule has 2 rings (SSSR count). The molecule has 1 aromatic carbocycles. The molecule has 2 aromatic rings. The summed E-state index contributed by atoms with van der Waals surface area (Å²) in [5, 5.41) is 4.42. The monoisotopic (exact) mass is 279 g/mol. The molecule has 0 saturated carbocycles. The van der Waals surface area contributed by atoms with E-state index in [1.54, 1.807) is 0 Å². The van der Waals surface area contributed by atoms with Gasteiger partial charge in [0.2, 0.25) is 0 Å². The van der Waals surface area contributed by atoms with Crippen LogP contribution in [0.3, 0.4) is 0 Å². The standard InChI is InChI=1S/C15H19F2N3/c1-3-10(2)20-7-6-12(19-20)9-15(18)13-8-11(16)4-5-14(13)17/h4-8,10,15H,3,9,18H2,1-2H3. The van der Waals surface area contributed by atoms with E-state index >= 15 is 0 Å². The SMILES string of the molecule is CCC(C)n1ccc(CC(N)c2cc(F)ccc2F)n1. The average molecular weight is 279 g/mol. The lowest BCUT2D eigenvalue weighted by Gasteiger charge is -2.12. The maximum Gasteiger partial charge on any atom is 0.128 e. The van der Waals surface area contributed by atoms with Crippen LogP contribution < -0.4 is 5.73 Å². The molecule has 3 nitrogen and oxygen atoms in total. The van der Waals surface area contributed by atoms with Crippen LogP contribution in [0.1, 0.15) is 43.6 Å². The van der Waals surface area contributed by atoms with Crippen LogP contribution >= 0.6 is 0 Å². The molecular formula is C15H19F2N3. The second kappa shape index (κ2) is 6.13. The van der Waals surface area contributed by atoms with Gasteiger partial charge in [0.05, 0.1) is 5.69 Å². The average Bonchev–Trinajstić information content (AvgIpc) is 2.89. The summed E-state index contributed by atoms with van der Waals surface area (Å²) >= 11 is 0.